The molecule has 1 aliphatic rings. The molecule has 0 radical (unpaired) electrons. The largest absolute Gasteiger partial charge is 0.448 e. The Hall–Kier alpha value is -3.28. The molecule has 1 unspecified atom stereocenters. The van der Waals surface area contributed by atoms with Gasteiger partial charge in [-0.25, -0.2) is 15.0 Å². The third-order valence-corrected chi connectivity index (χ3v) is 7.25. The maximum absolute atomic E-state index is 11.8. The van der Waals surface area contributed by atoms with E-state index >= 15 is 0 Å². The maximum Gasteiger partial charge on any atom is 0.234 e. The van der Waals surface area contributed by atoms with Gasteiger partial charge in [0.1, 0.15) is 34.6 Å². The van der Waals surface area contributed by atoms with Crippen LogP contribution in [0.15, 0.2) is 35.1 Å². The Morgan fingerprint density at radius 2 is 2.00 bits per heavy atom. The van der Waals surface area contributed by atoms with E-state index in [4.69, 9.17) is 21.0 Å². The van der Waals surface area contributed by atoms with E-state index in [1.807, 2.05) is 28.8 Å². The number of fused-ring (bicyclic) bond motifs is 1. The molecule has 180 valence electrons. The third kappa shape index (κ3) is 4.30. The van der Waals surface area contributed by atoms with Gasteiger partial charge >= 0.3 is 0 Å². The summed E-state index contributed by atoms with van der Waals surface area (Å²) in [5.41, 5.74) is 1.18. The fourth-order valence-electron chi connectivity index (χ4n) is 5.12. The molecular weight excluding hydrogens is 464 g/mol. The van der Waals surface area contributed by atoms with Crippen molar-refractivity contribution in [1.29, 1.82) is 5.26 Å². The molecule has 0 aliphatic heterocycles. The van der Waals surface area contributed by atoms with Crippen molar-refractivity contribution in [2.75, 3.05) is 0 Å². The van der Waals surface area contributed by atoms with Crippen LogP contribution in [0.1, 0.15) is 62.6 Å². The zero-order valence-corrected chi connectivity index (χ0v) is 20.7. The molecule has 0 saturated heterocycles. The predicted molar refractivity (Wildman–Crippen MR) is 132 cm³/mol. The summed E-state index contributed by atoms with van der Waals surface area (Å²) < 4.78 is 7.41. The second-order valence-electron chi connectivity index (χ2n) is 9.69. The van der Waals surface area contributed by atoms with Gasteiger partial charge in [0.15, 0.2) is 17.6 Å². The highest BCUT2D eigenvalue weighted by Gasteiger charge is 2.38. The van der Waals surface area contributed by atoms with Crippen molar-refractivity contribution in [3.63, 3.8) is 0 Å². The number of benzene rings is 1. The standard InChI is InChI=1S/C26H27ClN6O2/c1-15-7-9-17(10-8-15)13-33-22-21(18-5-4-6-19(27)11-18)30-20(12-28)31-24(22)32-25(33)26(3,34)23-16(2)35-14-29-23/h4-6,11,14-15,17,34H,7-10,13H2,1-3H3. The number of aliphatic hydroxyl groups is 1. The molecule has 1 fully saturated rings. The van der Waals surface area contributed by atoms with Crippen molar-refractivity contribution in [3.8, 4) is 17.3 Å². The number of halogens is 1. The van der Waals surface area contributed by atoms with Gasteiger partial charge in [-0.1, -0.05) is 43.5 Å². The zero-order valence-electron chi connectivity index (χ0n) is 20.0. The van der Waals surface area contributed by atoms with Crippen LogP contribution in [0.2, 0.25) is 5.02 Å². The number of hydrogen-bond donors (Lipinski definition) is 1. The normalized spacial score (nSPS) is 20.0. The van der Waals surface area contributed by atoms with Gasteiger partial charge in [0.2, 0.25) is 5.82 Å². The van der Waals surface area contributed by atoms with E-state index in [2.05, 4.69) is 21.9 Å². The van der Waals surface area contributed by atoms with E-state index in [1.165, 1.54) is 19.2 Å². The van der Waals surface area contributed by atoms with Crippen LogP contribution in [-0.4, -0.2) is 29.6 Å². The molecule has 35 heavy (non-hydrogen) atoms. The Morgan fingerprint density at radius 3 is 2.66 bits per heavy atom. The number of imidazole rings is 1. The number of oxazole rings is 1. The van der Waals surface area contributed by atoms with Gasteiger partial charge in [0, 0.05) is 17.1 Å². The van der Waals surface area contributed by atoms with E-state index in [-0.39, 0.29) is 5.82 Å². The molecule has 3 heterocycles. The van der Waals surface area contributed by atoms with Crippen LogP contribution in [-0.2, 0) is 12.1 Å². The van der Waals surface area contributed by atoms with E-state index < -0.39 is 5.60 Å². The Balaban J connectivity index is 1.77. The number of nitrogens with zero attached hydrogens (tertiary/aromatic N) is 6. The van der Waals surface area contributed by atoms with Crippen LogP contribution in [0.5, 0.6) is 0 Å². The Labute approximate surface area is 208 Å². The minimum absolute atomic E-state index is 0.00688. The Kier molecular flexibility index (Phi) is 6.07. The Morgan fingerprint density at radius 1 is 1.23 bits per heavy atom. The van der Waals surface area contributed by atoms with Crippen LogP contribution in [0, 0.1) is 30.1 Å². The third-order valence-electron chi connectivity index (χ3n) is 7.02. The van der Waals surface area contributed by atoms with Crippen molar-refractivity contribution >= 4 is 22.8 Å². The average Bonchev–Trinajstić information content (AvgIpc) is 3.44. The first-order chi connectivity index (χ1) is 16.8. The molecular formula is C26H27ClN6O2. The number of nitriles is 1. The van der Waals surface area contributed by atoms with Gasteiger partial charge < -0.3 is 14.1 Å². The zero-order chi connectivity index (χ0) is 24.7. The summed E-state index contributed by atoms with van der Waals surface area (Å²) in [6.07, 6.45) is 5.84. The first kappa shape index (κ1) is 23.5. The molecule has 1 N–H and O–H groups in total. The van der Waals surface area contributed by atoms with E-state index in [0.29, 0.717) is 51.6 Å². The lowest BCUT2D eigenvalue weighted by Gasteiger charge is -2.29. The van der Waals surface area contributed by atoms with Crippen molar-refractivity contribution < 1.29 is 9.52 Å². The van der Waals surface area contributed by atoms with Crippen molar-refractivity contribution in [1.82, 2.24) is 24.5 Å². The van der Waals surface area contributed by atoms with Crippen LogP contribution < -0.4 is 0 Å². The molecule has 1 aromatic carbocycles. The number of aryl methyl sites for hydroxylation is 1. The lowest BCUT2D eigenvalue weighted by molar-refractivity contribution is 0.0810. The summed E-state index contributed by atoms with van der Waals surface area (Å²) in [6, 6.07) is 9.38. The van der Waals surface area contributed by atoms with E-state index in [0.717, 1.165) is 24.3 Å². The van der Waals surface area contributed by atoms with Gasteiger partial charge in [-0.15, -0.1) is 0 Å². The van der Waals surface area contributed by atoms with Gasteiger partial charge in [-0.2, -0.15) is 10.2 Å². The van der Waals surface area contributed by atoms with Gasteiger partial charge in [0.05, 0.1) is 0 Å². The number of aromatic nitrogens is 5. The lowest BCUT2D eigenvalue weighted by Crippen LogP contribution is -2.30. The second kappa shape index (κ2) is 9.06. The van der Waals surface area contributed by atoms with Crippen LogP contribution in [0.4, 0.5) is 0 Å². The molecule has 1 atom stereocenters. The van der Waals surface area contributed by atoms with Crippen LogP contribution in [0.3, 0.4) is 0 Å². The lowest BCUT2D eigenvalue weighted by atomic mass is 9.83. The van der Waals surface area contributed by atoms with Crippen LogP contribution in [0.25, 0.3) is 22.4 Å². The summed E-state index contributed by atoms with van der Waals surface area (Å²) in [5.74, 6) is 2.05. The molecule has 4 aromatic rings. The first-order valence-corrected chi connectivity index (χ1v) is 12.2. The fourth-order valence-corrected chi connectivity index (χ4v) is 5.31. The predicted octanol–water partition coefficient (Wildman–Crippen LogP) is 5.40. The SMILES string of the molecule is Cc1ocnc1C(C)(O)c1nc2nc(C#N)nc(-c3cccc(Cl)c3)c2n1CC1CCC(C)CC1. The van der Waals surface area contributed by atoms with Gasteiger partial charge in [-0.3, -0.25) is 0 Å². The number of rotatable bonds is 5. The van der Waals surface area contributed by atoms with Gasteiger partial charge in [-0.05, 0) is 50.7 Å². The topological polar surface area (TPSA) is 114 Å². The smallest absolute Gasteiger partial charge is 0.234 e. The molecule has 8 nitrogen and oxygen atoms in total. The van der Waals surface area contributed by atoms with Crippen LogP contribution >= 0.6 is 11.6 Å². The maximum atomic E-state index is 11.8. The minimum Gasteiger partial charge on any atom is -0.448 e. The molecule has 3 aromatic heterocycles. The van der Waals surface area contributed by atoms with E-state index in [1.54, 1.807) is 19.9 Å². The summed E-state index contributed by atoms with van der Waals surface area (Å²) in [7, 11) is 0. The summed E-state index contributed by atoms with van der Waals surface area (Å²) in [5, 5.41) is 22.0. The van der Waals surface area contributed by atoms with E-state index in [9.17, 15) is 10.4 Å². The summed E-state index contributed by atoms with van der Waals surface area (Å²) in [4.78, 5) is 18.0. The minimum atomic E-state index is -1.54. The highest BCUT2D eigenvalue weighted by molar-refractivity contribution is 6.30. The quantitative estimate of drug-likeness (QED) is 0.398. The second-order valence-corrected chi connectivity index (χ2v) is 10.1. The Bertz CT molecular complexity index is 1430. The van der Waals surface area contributed by atoms with Gasteiger partial charge in [0.25, 0.3) is 0 Å². The molecule has 1 aliphatic carbocycles. The monoisotopic (exact) mass is 490 g/mol. The molecule has 9 heteroatoms. The van der Waals surface area contributed by atoms with Crippen molar-refractivity contribution in [2.24, 2.45) is 11.8 Å². The molecule has 0 spiro atoms. The average molecular weight is 491 g/mol. The van der Waals surface area contributed by atoms with Crippen molar-refractivity contribution in [3.05, 3.63) is 58.8 Å². The highest BCUT2D eigenvalue weighted by Crippen LogP contribution is 2.38. The number of hydrogen-bond acceptors (Lipinski definition) is 7. The highest BCUT2D eigenvalue weighted by atomic mass is 35.5. The molecule has 1 saturated carbocycles. The van der Waals surface area contributed by atoms with Crippen molar-refractivity contribution in [2.45, 2.75) is 58.6 Å². The molecule has 0 bridgehead atoms. The molecule has 5 rings (SSSR count). The molecule has 0 amide bonds. The first-order valence-electron chi connectivity index (χ1n) is 11.9. The fraction of sp³-hybridized carbons (Fsp3) is 0.423. The summed E-state index contributed by atoms with van der Waals surface area (Å²) in [6.45, 7) is 6.36. The summed E-state index contributed by atoms with van der Waals surface area (Å²) >= 11 is 6.30.